The first-order valence-corrected chi connectivity index (χ1v) is 9.43. The maximum atomic E-state index is 12.9. The van der Waals surface area contributed by atoms with Crippen molar-refractivity contribution >= 4 is 22.6 Å². The van der Waals surface area contributed by atoms with Gasteiger partial charge in [-0.15, -0.1) is 0 Å². The van der Waals surface area contributed by atoms with Crippen molar-refractivity contribution in [3.63, 3.8) is 0 Å². The van der Waals surface area contributed by atoms with Gasteiger partial charge in [0.25, 0.3) is 0 Å². The average Bonchev–Trinajstić information content (AvgIpc) is 3.02. The van der Waals surface area contributed by atoms with E-state index in [1.54, 1.807) is 6.08 Å². The zero-order chi connectivity index (χ0) is 16.9. The van der Waals surface area contributed by atoms with Crippen LogP contribution in [0.3, 0.4) is 0 Å². The van der Waals surface area contributed by atoms with Crippen molar-refractivity contribution in [2.24, 2.45) is 5.92 Å². The third-order valence-electron chi connectivity index (χ3n) is 5.20. The molecule has 1 aliphatic carbocycles. The SMILES string of the molecule is Cc1ccc(S(=O)C[C@]23C=CC(=O)C[C@H]2[C@H]2OC(=O)C[C@H]2N3)cc1. The van der Waals surface area contributed by atoms with Gasteiger partial charge in [-0.25, -0.2) is 0 Å². The number of benzene rings is 1. The summed E-state index contributed by atoms with van der Waals surface area (Å²) in [6.07, 6.45) is 3.73. The topological polar surface area (TPSA) is 72.5 Å². The van der Waals surface area contributed by atoms with Crippen molar-refractivity contribution in [1.29, 1.82) is 0 Å². The van der Waals surface area contributed by atoms with E-state index in [1.165, 1.54) is 0 Å². The van der Waals surface area contributed by atoms with Gasteiger partial charge < -0.3 is 4.74 Å². The molecular weight excluding hydrogens is 326 g/mol. The molecule has 1 unspecified atom stereocenters. The lowest BCUT2D eigenvalue weighted by molar-refractivity contribution is -0.144. The third-order valence-corrected chi connectivity index (χ3v) is 6.74. The monoisotopic (exact) mass is 345 g/mol. The number of esters is 1. The Labute approximate surface area is 142 Å². The van der Waals surface area contributed by atoms with E-state index in [9.17, 15) is 13.8 Å². The van der Waals surface area contributed by atoms with Gasteiger partial charge in [-0.3, -0.25) is 19.1 Å². The Morgan fingerprint density at radius 3 is 2.75 bits per heavy atom. The first-order chi connectivity index (χ1) is 11.5. The molecule has 2 fully saturated rings. The van der Waals surface area contributed by atoms with Crippen LogP contribution >= 0.6 is 0 Å². The highest BCUT2D eigenvalue weighted by Crippen LogP contribution is 2.43. The van der Waals surface area contributed by atoms with Crippen molar-refractivity contribution in [3.8, 4) is 0 Å². The van der Waals surface area contributed by atoms with Crippen LogP contribution in [-0.4, -0.2) is 39.4 Å². The van der Waals surface area contributed by atoms with Crippen LogP contribution in [0.2, 0.25) is 0 Å². The molecule has 0 radical (unpaired) electrons. The van der Waals surface area contributed by atoms with Crippen molar-refractivity contribution in [1.82, 2.24) is 5.32 Å². The molecule has 5 atom stereocenters. The van der Waals surface area contributed by atoms with Crippen molar-refractivity contribution < 1.29 is 18.5 Å². The van der Waals surface area contributed by atoms with Crippen molar-refractivity contribution in [3.05, 3.63) is 42.0 Å². The van der Waals surface area contributed by atoms with Gasteiger partial charge in [0.1, 0.15) is 6.10 Å². The first kappa shape index (κ1) is 15.7. The van der Waals surface area contributed by atoms with Gasteiger partial charge in [0.2, 0.25) is 0 Å². The number of aryl methyl sites for hydroxylation is 1. The third kappa shape index (κ3) is 2.54. The second-order valence-electron chi connectivity index (χ2n) is 6.86. The standard InChI is InChI=1S/C18H19NO4S/c1-11-2-4-13(5-3-11)24(22)10-18-7-6-12(20)8-14(18)17-15(19-18)9-16(21)23-17/h2-7,14-15,17,19H,8-10H2,1H3/t14-,15+,17+,18+,24?/m0/s1. The highest BCUT2D eigenvalue weighted by molar-refractivity contribution is 7.85. The van der Waals surface area contributed by atoms with Crippen LogP contribution in [0.25, 0.3) is 0 Å². The Morgan fingerprint density at radius 2 is 2.00 bits per heavy atom. The Kier molecular flexibility index (Phi) is 3.69. The minimum absolute atomic E-state index is 0.0298. The molecule has 2 heterocycles. The fraction of sp³-hybridized carbons (Fsp3) is 0.444. The summed E-state index contributed by atoms with van der Waals surface area (Å²) in [5, 5.41) is 3.45. The van der Waals surface area contributed by atoms with E-state index in [0.717, 1.165) is 10.5 Å². The lowest BCUT2D eigenvalue weighted by atomic mass is 9.77. The Hall–Kier alpha value is -1.79. The fourth-order valence-corrected chi connectivity index (χ4v) is 5.44. The maximum Gasteiger partial charge on any atom is 0.307 e. The van der Waals surface area contributed by atoms with Crippen LogP contribution in [0.15, 0.2) is 41.3 Å². The quantitative estimate of drug-likeness (QED) is 0.836. The molecule has 0 amide bonds. The molecule has 4 rings (SSSR count). The van der Waals surface area contributed by atoms with E-state index in [-0.39, 0.29) is 29.8 Å². The molecule has 24 heavy (non-hydrogen) atoms. The van der Waals surface area contributed by atoms with Gasteiger partial charge in [0.05, 0.1) is 34.6 Å². The van der Waals surface area contributed by atoms with Crippen LogP contribution in [0.5, 0.6) is 0 Å². The van der Waals surface area contributed by atoms with E-state index in [1.807, 2.05) is 37.3 Å². The Morgan fingerprint density at radius 1 is 1.25 bits per heavy atom. The number of ketones is 1. The molecule has 2 saturated heterocycles. The predicted octanol–water partition coefficient (Wildman–Crippen LogP) is 1.27. The van der Waals surface area contributed by atoms with Crippen LogP contribution in [0, 0.1) is 12.8 Å². The number of allylic oxidation sites excluding steroid dienone is 1. The molecule has 0 aromatic heterocycles. The molecule has 0 spiro atoms. The summed E-state index contributed by atoms with van der Waals surface area (Å²) in [4.78, 5) is 24.2. The van der Waals surface area contributed by atoms with Gasteiger partial charge >= 0.3 is 5.97 Å². The second kappa shape index (κ2) is 5.63. The summed E-state index contributed by atoms with van der Waals surface area (Å²) in [7, 11) is -1.20. The minimum Gasteiger partial charge on any atom is -0.460 e. The largest absolute Gasteiger partial charge is 0.460 e. The number of hydrogen-bond donors (Lipinski definition) is 1. The van der Waals surface area contributed by atoms with Crippen LogP contribution in [-0.2, 0) is 25.1 Å². The molecule has 5 nitrogen and oxygen atoms in total. The highest BCUT2D eigenvalue weighted by Gasteiger charge is 2.58. The first-order valence-electron chi connectivity index (χ1n) is 8.11. The predicted molar refractivity (Wildman–Crippen MR) is 88.9 cm³/mol. The number of fused-ring (bicyclic) bond motifs is 3. The number of rotatable bonds is 3. The summed E-state index contributed by atoms with van der Waals surface area (Å²) in [5.74, 6) is 0.0189. The molecular formula is C18H19NO4S. The highest BCUT2D eigenvalue weighted by atomic mass is 32.2. The zero-order valence-corrected chi connectivity index (χ0v) is 14.2. The van der Waals surface area contributed by atoms with Crippen LogP contribution in [0.4, 0.5) is 0 Å². The Bertz CT molecular complexity index is 757. The number of ether oxygens (including phenoxy) is 1. The van der Waals surface area contributed by atoms with Crippen molar-refractivity contribution in [2.45, 2.75) is 42.3 Å². The van der Waals surface area contributed by atoms with E-state index in [4.69, 9.17) is 4.74 Å². The van der Waals surface area contributed by atoms with Gasteiger partial charge in [-0.05, 0) is 25.1 Å². The smallest absolute Gasteiger partial charge is 0.307 e. The van der Waals surface area contributed by atoms with Gasteiger partial charge in [-0.1, -0.05) is 23.8 Å². The van der Waals surface area contributed by atoms with Crippen LogP contribution in [0.1, 0.15) is 18.4 Å². The molecule has 2 aliphatic heterocycles. The summed E-state index contributed by atoms with van der Waals surface area (Å²) in [5.41, 5.74) is 0.565. The minimum atomic E-state index is -1.20. The number of nitrogens with one attached hydrogen (secondary N) is 1. The van der Waals surface area contributed by atoms with Crippen LogP contribution < -0.4 is 5.32 Å². The van der Waals surface area contributed by atoms with E-state index < -0.39 is 16.3 Å². The van der Waals surface area contributed by atoms with E-state index in [0.29, 0.717) is 18.6 Å². The second-order valence-corrected chi connectivity index (χ2v) is 8.31. The number of carbonyl (C=O) groups excluding carboxylic acids is 2. The van der Waals surface area contributed by atoms with Gasteiger partial charge in [-0.2, -0.15) is 0 Å². The molecule has 3 aliphatic rings. The van der Waals surface area contributed by atoms with Crippen molar-refractivity contribution in [2.75, 3.05) is 5.75 Å². The molecule has 0 bridgehead atoms. The summed E-state index contributed by atoms with van der Waals surface area (Å²) in [6, 6.07) is 7.55. The van der Waals surface area contributed by atoms with Gasteiger partial charge in [0, 0.05) is 17.2 Å². The summed E-state index contributed by atoms with van der Waals surface area (Å²) < 4.78 is 18.3. The molecule has 1 aromatic carbocycles. The zero-order valence-electron chi connectivity index (χ0n) is 13.4. The molecule has 1 N–H and O–H groups in total. The molecule has 0 saturated carbocycles. The normalized spacial score (nSPS) is 35.5. The Balaban J connectivity index is 1.63. The average molecular weight is 345 g/mol. The lowest BCUT2D eigenvalue weighted by Gasteiger charge is -2.36. The molecule has 1 aromatic rings. The lowest BCUT2D eigenvalue weighted by Crippen LogP contribution is -2.52. The van der Waals surface area contributed by atoms with E-state index >= 15 is 0 Å². The van der Waals surface area contributed by atoms with E-state index in [2.05, 4.69) is 5.32 Å². The summed E-state index contributed by atoms with van der Waals surface area (Å²) >= 11 is 0. The molecule has 126 valence electrons. The van der Waals surface area contributed by atoms with Gasteiger partial charge in [0.15, 0.2) is 5.78 Å². The fourth-order valence-electron chi connectivity index (χ4n) is 4.00. The maximum absolute atomic E-state index is 12.9. The number of carbonyl (C=O) groups is 2. The summed E-state index contributed by atoms with van der Waals surface area (Å²) in [6.45, 7) is 1.99. The number of hydrogen-bond acceptors (Lipinski definition) is 5. The molecule has 6 heteroatoms.